The molecule has 1 aliphatic carbocycles. The third-order valence-electron chi connectivity index (χ3n) is 3.86. The molecule has 0 saturated heterocycles. The lowest BCUT2D eigenvalue weighted by Gasteiger charge is -2.16. The van der Waals surface area contributed by atoms with Crippen LogP contribution in [-0.2, 0) is 4.79 Å². The molecule has 21 heavy (non-hydrogen) atoms. The van der Waals surface area contributed by atoms with Crippen molar-refractivity contribution in [3.63, 3.8) is 0 Å². The Kier molecular flexibility index (Phi) is 4.30. The molecule has 0 spiro atoms. The molecule has 0 aromatic heterocycles. The first-order chi connectivity index (χ1) is 10.2. The molecule has 1 N–H and O–H groups in total. The first-order valence-corrected chi connectivity index (χ1v) is 7.70. The fourth-order valence-electron chi connectivity index (χ4n) is 2.76. The summed E-state index contributed by atoms with van der Waals surface area (Å²) >= 11 is 5.98. The third-order valence-corrected chi connectivity index (χ3v) is 4.09. The largest absolute Gasteiger partial charge is 0.488 e. The standard InChI is InChI=1S/C17H18ClNO2/c18-14-6-7-16-13(10-14)9-12(11-21-16)5-8-17(20)19-15-3-1-2-4-15/h5-10,15H,1-4,11H2,(H,19,20)/b8-5-. The van der Waals surface area contributed by atoms with Gasteiger partial charge in [0.2, 0.25) is 5.91 Å². The average molecular weight is 304 g/mol. The molecule has 4 heteroatoms. The highest BCUT2D eigenvalue weighted by atomic mass is 35.5. The highest BCUT2D eigenvalue weighted by Gasteiger charge is 2.16. The van der Waals surface area contributed by atoms with Crippen LogP contribution in [0, 0.1) is 0 Å². The molecule has 3 rings (SSSR count). The first kappa shape index (κ1) is 14.2. The Morgan fingerprint density at radius 2 is 2.14 bits per heavy atom. The first-order valence-electron chi connectivity index (χ1n) is 7.32. The van der Waals surface area contributed by atoms with Crippen molar-refractivity contribution < 1.29 is 9.53 Å². The lowest BCUT2D eigenvalue weighted by Crippen LogP contribution is -2.31. The number of rotatable bonds is 3. The zero-order chi connectivity index (χ0) is 14.7. The van der Waals surface area contributed by atoms with E-state index in [0.29, 0.717) is 17.7 Å². The number of amides is 1. The van der Waals surface area contributed by atoms with E-state index in [4.69, 9.17) is 16.3 Å². The van der Waals surface area contributed by atoms with Gasteiger partial charge in [0.1, 0.15) is 12.4 Å². The molecule has 110 valence electrons. The van der Waals surface area contributed by atoms with Gasteiger partial charge in [-0.25, -0.2) is 0 Å². The number of hydrogen-bond acceptors (Lipinski definition) is 2. The molecule has 0 unspecified atom stereocenters. The summed E-state index contributed by atoms with van der Waals surface area (Å²) in [5.41, 5.74) is 1.91. The van der Waals surface area contributed by atoms with Crippen molar-refractivity contribution in [1.29, 1.82) is 0 Å². The Labute approximate surface area is 129 Å². The molecule has 1 saturated carbocycles. The van der Waals surface area contributed by atoms with E-state index in [-0.39, 0.29) is 5.91 Å². The van der Waals surface area contributed by atoms with Crippen molar-refractivity contribution in [2.75, 3.05) is 6.61 Å². The van der Waals surface area contributed by atoms with Crippen molar-refractivity contribution in [3.05, 3.63) is 46.5 Å². The van der Waals surface area contributed by atoms with Crippen LogP contribution in [0.2, 0.25) is 5.02 Å². The monoisotopic (exact) mass is 303 g/mol. The van der Waals surface area contributed by atoms with Crippen LogP contribution in [0.3, 0.4) is 0 Å². The zero-order valence-corrected chi connectivity index (χ0v) is 12.5. The molecule has 1 amide bonds. The van der Waals surface area contributed by atoms with Gasteiger partial charge < -0.3 is 10.1 Å². The summed E-state index contributed by atoms with van der Waals surface area (Å²) in [6, 6.07) is 5.88. The zero-order valence-electron chi connectivity index (χ0n) is 11.8. The van der Waals surface area contributed by atoms with Crippen molar-refractivity contribution in [2.45, 2.75) is 31.7 Å². The number of nitrogens with one attached hydrogen (secondary N) is 1. The third kappa shape index (κ3) is 3.67. The van der Waals surface area contributed by atoms with Gasteiger partial charge in [-0.1, -0.05) is 30.5 Å². The summed E-state index contributed by atoms with van der Waals surface area (Å²) in [5.74, 6) is 0.798. The van der Waals surface area contributed by atoms with Crippen LogP contribution in [0.4, 0.5) is 0 Å². The smallest absolute Gasteiger partial charge is 0.244 e. The number of carbonyl (C=O) groups is 1. The van der Waals surface area contributed by atoms with Crippen LogP contribution in [-0.4, -0.2) is 18.6 Å². The van der Waals surface area contributed by atoms with Crippen molar-refractivity contribution >= 4 is 23.6 Å². The van der Waals surface area contributed by atoms with Crippen LogP contribution in [0.5, 0.6) is 5.75 Å². The van der Waals surface area contributed by atoms with Crippen LogP contribution in [0.1, 0.15) is 31.2 Å². The number of carbonyl (C=O) groups excluding carboxylic acids is 1. The topological polar surface area (TPSA) is 38.3 Å². The second kappa shape index (κ2) is 6.35. The summed E-state index contributed by atoms with van der Waals surface area (Å²) in [6.45, 7) is 0.474. The Bertz CT molecular complexity index is 601. The summed E-state index contributed by atoms with van der Waals surface area (Å²) in [7, 11) is 0. The minimum Gasteiger partial charge on any atom is -0.488 e. The number of fused-ring (bicyclic) bond motifs is 1. The second-order valence-electron chi connectivity index (χ2n) is 5.51. The van der Waals surface area contributed by atoms with Gasteiger partial charge in [-0.05, 0) is 42.7 Å². The molecule has 2 aliphatic rings. The Hall–Kier alpha value is -1.74. The quantitative estimate of drug-likeness (QED) is 0.864. The SMILES string of the molecule is O=C(/C=C\C1=Cc2cc(Cl)ccc2OC1)NC1CCCC1. The van der Waals surface area contributed by atoms with Gasteiger partial charge >= 0.3 is 0 Å². The van der Waals surface area contributed by atoms with Crippen molar-refractivity contribution in [1.82, 2.24) is 5.32 Å². The van der Waals surface area contributed by atoms with Crippen LogP contribution < -0.4 is 10.1 Å². The molecule has 1 heterocycles. The van der Waals surface area contributed by atoms with E-state index in [1.807, 2.05) is 30.4 Å². The van der Waals surface area contributed by atoms with E-state index in [0.717, 1.165) is 29.7 Å². The van der Waals surface area contributed by atoms with Crippen LogP contribution in [0.25, 0.3) is 6.08 Å². The highest BCUT2D eigenvalue weighted by Crippen LogP contribution is 2.29. The molecule has 1 aliphatic heterocycles. The molecular formula is C17H18ClNO2. The predicted molar refractivity (Wildman–Crippen MR) is 84.5 cm³/mol. The summed E-state index contributed by atoms with van der Waals surface area (Å²) < 4.78 is 5.65. The Balaban J connectivity index is 1.64. The molecule has 0 atom stereocenters. The van der Waals surface area contributed by atoms with Gasteiger partial charge in [0.15, 0.2) is 0 Å². The predicted octanol–water partition coefficient (Wildman–Crippen LogP) is 3.73. The van der Waals surface area contributed by atoms with Gasteiger partial charge in [-0.15, -0.1) is 0 Å². The van der Waals surface area contributed by atoms with Crippen LogP contribution >= 0.6 is 11.6 Å². The lowest BCUT2D eigenvalue weighted by molar-refractivity contribution is -0.117. The van der Waals surface area contributed by atoms with E-state index in [9.17, 15) is 4.79 Å². The van der Waals surface area contributed by atoms with E-state index < -0.39 is 0 Å². The maximum atomic E-state index is 11.9. The highest BCUT2D eigenvalue weighted by molar-refractivity contribution is 6.30. The van der Waals surface area contributed by atoms with Gasteiger partial charge in [0.05, 0.1) is 0 Å². The average Bonchev–Trinajstić information content (AvgIpc) is 2.97. The minimum atomic E-state index is -0.0281. The van der Waals surface area contributed by atoms with Crippen molar-refractivity contribution in [3.8, 4) is 5.75 Å². The van der Waals surface area contributed by atoms with Crippen LogP contribution in [0.15, 0.2) is 35.9 Å². The van der Waals surface area contributed by atoms with E-state index >= 15 is 0 Å². The Morgan fingerprint density at radius 3 is 2.95 bits per heavy atom. The maximum absolute atomic E-state index is 11.9. The molecule has 1 aromatic carbocycles. The molecule has 3 nitrogen and oxygen atoms in total. The number of hydrogen-bond donors (Lipinski definition) is 1. The summed E-state index contributed by atoms with van der Waals surface area (Å²) in [6.07, 6.45) is 10.0. The van der Waals surface area contributed by atoms with Gasteiger partial charge in [-0.3, -0.25) is 4.79 Å². The summed E-state index contributed by atoms with van der Waals surface area (Å²) in [4.78, 5) is 11.9. The molecular weight excluding hydrogens is 286 g/mol. The molecule has 1 aromatic rings. The van der Waals surface area contributed by atoms with E-state index in [1.54, 1.807) is 6.08 Å². The van der Waals surface area contributed by atoms with E-state index in [1.165, 1.54) is 12.8 Å². The van der Waals surface area contributed by atoms with Gasteiger partial charge in [0, 0.05) is 22.7 Å². The number of halogens is 1. The number of benzene rings is 1. The summed E-state index contributed by atoms with van der Waals surface area (Å²) in [5, 5.41) is 3.71. The van der Waals surface area contributed by atoms with E-state index in [2.05, 4.69) is 5.32 Å². The molecule has 0 radical (unpaired) electrons. The fourth-order valence-corrected chi connectivity index (χ4v) is 2.94. The van der Waals surface area contributed by atoms with Crippen molar-refractivity contribution in [2.24, 2.45) is 0 Å². The number of ether oxygens (including phenoxy) is 1. The maximum Gasteiger partial charge on any atom is 0.244 e. The normalized spacial score (nSPS) is 18.2. The molecule has 1 fully saturated rings. The molecule has 0 bridgehead atoms. The van der Waals surface area contributed by atoms with Gasteiger partial charge in [0.25, 0.3) is 0 Å². The van der Waals surface area contributed by atoms with Gasteiger partial charge in [-0.2, -0.15) is 0 Å². The Morgan fingerprint density at radius 1 is 1.33 bits per heavy atom. The fraction of sp³-hybridized carbons (Fsp3) is 0.353. The minimum absolute atomic E-state index is 0.0281. The lowest BCUT2D eigenvalue weighted by atomic mass is 10.1. The second-order valence-corrected chi connectivity index (χ2v) is 5.95.